The Bertz CT molecular complexity index is 583. The van der Waals surface area contributed by atoms with Crippen LogP contribution in [0.5, 0.6) is 0 Å². The topological polar surface area (TPSA) is 82.7 Å². The van der Waals surface area contributed by atoms with Crippen LogP contribution in [0.25, 0.3) is 0 Å². The summed E-state index contributed by atoms with van der Waals surface area (Å²) in [6.45, 7) is 8.95. The molecule has 0 spiro atoms. The summed E-state index contributed by atoms with van der Waals surface area (Å²) in [5.41, 5.74) is 1.79. The summed E-state index contributed by atoms with van der Waals surface area (Å²) >= 11 is 0. The van der Waals surface area contributed by atoms with Gasteiger partial charge in [0, 0.05) is 31.9 Å². The minimum absolute atomic E-state index is 0.0413. The maximum Gasteiger partial charge on any atom is 0.319 e. The highest BCUT2D eigenvalue weighted by Crippen LogP contribution is 2.20. The van der Waals surface area contributed by atoms with Crippen molar-refractivity contribution in [3.8, 4) is 0 Å². The molecule has 1 aliphatic rings. The van der Waals surface area contributed by atoms with Crippen LogP contribution in [0.4, 0.5) is 10.5 Å². The van der Waals surface area contributed by atoms with Gasteiger partial charge in [-0.25, -0.2) is 4.79 Å². The zero-order chi connectivity index (χ0) is 18.2. The Morgan fingerprint density at radius 2 is 1.84 bits per heavy atom. The van der Waals surface area contributed by atoms with Crippen LogP contribution in [0.3, 0.4) is 0 Å². The number of amides is 3. The minimum Gasteiger partial charge on any atom is -0.373 e. The lowest BCUT2D eigenvalue weighted by Gasteiger charge is -2.35. The molecule has 2 unspecified atom stereocenters. The van der Waals surface area contributed by atoms with Gasteiger partial charge < -0.3 is 20.7 Å². The molecule has 1 aliphatic heterocycles. The van der Waals surface area contributed by atoms with E-state index in [9.17, 15) is 9.59 Å². The van der Waals surface area contributed by atoms with E-state index in [2.05, 4.69) is 34.7 Å². The lowest BCUT2D eigenvalue weighted by Crippen LogP contribution is -2.45. The van der Waals surface area contributed by atoms with Crippen molar-refractivity contribution >= 4 is 17.6 Å². The van der Waals surface area contributed by atoms with Crippen molar-refractivity contribution in [2.45, 2.75) is 39.5 Å². The number of urea groups is 1. The quantitative estimate of drug-likeness (QED) is 0.728. The second kappa shape index (κ2) is 9.39. The van der Waals surface area contributed by atoms with E-state index in [1.807, 2.05) is 31.2 Å². The first-order chi connectivity index (χ1) is 12.0. The molecule has 0 radical (unpaired) electrons. The summed E-state index contributed by atoms with van der Waals surface area (Å²) in [4.78, 5) is 25.8. The van der Waals surface area contributed by atoms with Gasteiger partial charge in [-0.2, -0.15) is 0 Å². The van der Waals surface area contributed by atoms with E-state index in [-0.39, 0.29) is 30.7 Å². The molecule has 7 nitrogen and oxygen atoms in total. The number of hydrogen-bond donors (Lipinski definition) is 3. The van der Waals surface area contributed by atoms with Crippen LogP contribution in [0.1, 0.15) is 26.3 Å². The molecule has 0 saturated carbocycles. The van der Waals surface area contributed by atoms with Crippen LogP contribution >= 0.6 is 0 Å². The van der Waals surface area contributed by atoms with Crippen LogP contribution in [0, 0.1) is 0 Å². The van der Waals surface area contributed by atoms with E-state index in [1.54, 1.807) is 0 Å². The number of anilines is 1. The van der Waals surface area contributed by atoms with Crippen molar-refractivity contribution in [3.05, 3.63) is 29.8 Å². The van der Waals surface area contributed by atoms with Gasteiger partial charge >= 0.3 is 6.03 Å². The van der Waals surface area contributed by atoms with Gasteiger partial charge in [0.25, 0.3) is 0 Å². The molecule has 1 saturated heterocycles. The summed E-state index contributed by atoms with van der Waals surface area (Å²) < 4.78 is 5.76. The highest BCUT2D eigenvalue weighted by atomic mass is 16.5. The number of hydrogen-bond acceptors (Lipinski definition) is 4. The standard InChI is InChI=1S/C18H28N4O3/c1-4-19-17(23)9-20-18(24)21-16-8-6-5-7-15(16)12-22-10-13(2)25-14(3)11-22/h5-8,13-14H,4,9-12H2,1-3H3,(H,19,23)(H2,20,21,24). The van der Waals surface area contributed by atoms with Crippen molar-refractivity contribution in [2.24, 2.45) is 0 Å². The first-order valence-corrected chi connectivity index (χ1v) is 8.75. The smallest absolute Gasteiger partial charge is 0.319 e. The number of nitrogens with zero attached hydrogens (tertiary/aromatic N) is 1. The average Bonchev–Trinajstić information content (AvgIpc) is 2.54. The maximum absolute atomic E-state index is 12.0. The molecule has 3 N–H and O–H groups in total. The lowest BCUT2D eigenvalue weighted by atomic mass is 10.1. The normalized spacial score (nSPS) is 20.8. The lowest BCUT2D eigenvalue weighted by molar-refractivity contribution is -0.119. The SMILES string of the molecule is CCNC(=O)CNC(=O)Nc1ccccc1CN1CC(C)OC(C)C1. The number of para-hydroxylation sites is 1. The van der Waals surface area contributed by atoms with E-state index in [4.69, 9.17) is 4.74 Å². The molecule has 25 heavy (non-hydrogen) atoms. The largest absolute Gasteiger partial charge is 0.373 e. The van der Waals surface area contributed by atoms with Gasteiger partial charge in [-0.3, -0.25) is 9.69 Å². The Hall–Kier alpha value is -2.12. The van der Waals surface area contributed by atoms with Crippen molar-refractivity contribution in [1.82, 2.24) is 15.5 Å². The monoisotopic (exact) mass is 348 g/mol. The molecule has 7 heteroatoms. The Labute approximate surface area is 149 Å². The third kappa shape index (κ3) is 6.36. The van der Waals surface area contributed by atoms with Crippen molar-refractivity contribution in [2.75, 3.05) is 31.5 Å². The summed E-state index contributed by atoms with van der Waals surface area (Å²) in [6, 6.07) is 7.33. The van der Waals surface area contributed by atoms with E-state index < -0.39 is 0 Å². The number of carbonyl (C=O) groups is 2. The number of ether oxygens (including phenoxy) is 1. The first-order valence-electron chi connectivity index (χ1n) is 8.75. The second-order valence-electron chi connectivity index (χ2n) is 6.37. The van der Waals surface area contributed by atoms with Gasteiger partial charge in [0.15, 0.2) is 0 Å². The zero-order valence-electron chi connectivity index (χ0n) is 15.2. The molecule has 3 amide bonds. The Morgan fingerprint density at radius 1 is 1.16 bits per heavy atom. The number of carbonyl (C=O) groups excluding carboxylic acids is 2. The van der Waals surface area contributed by atoms with E-state index in [1.165, 1.54) is 0 Å². The molecule has 1 heterocycles. The van der Waals surface area contributed by atoms with Crippen molar-refractivity contribution in [3.63, 3.8) is 0 Å². The number of morpholine rings is 1. The summed E-state index contributed by atoms with van der Waals surface area (Å²) in [5.74, 6) is -0.206. The van der Waals surface area contributed by atoms with Gasteiger partial charge in [0.05, 0.1) is 18.8 Å². The Kier molecular flexibility index (Phi) is 7.21. The third-order valence-corrected chi connectivity index (χ3v) is 3.94. The number of rotatable bonds is 6. The maximum atomic E-state index is 12.0. The van der Waals surface area contributed by atoms with E-state index in [0.29, 0.717) is 6.54 Å². The predicted octanol–water partition coefficient (Wildman–Crippen LogP) is 1.55. The fourth-order valence-electron chi connectivity index (χ4n) is 3.02. The molecule has 0 aliphatic carbocycles. The van der Waals surface area contributed by atoms with Crippen LogP contribution in [-0.4, -0.2) is 55.2 Å². The van der Waals surface area contributed by atoms with Gasteiger partial charge in [-0.05, 0) is 32.4 Å². The van der Waals surface area contributed by atoms with Crippen LogP contribution in [0.2, 0.25) is 0 Å². The Balaban J connectivity index is 1.93. The zero-order valence-corrected chi connectivity index (χ0v) is 15.2. The molecule has 1 aromatic carbocycles. The van der Waals surface area contributed by atoms with Gasteiger partial charge in [0.2, 0.25) is 5.91 Å². The van der Waals surface area contributed by atoms with E-state index >= 15 is 0 Å². The fourth-order valence-corrected chi connectivity index (χ4v) is 3.02. The van der Waals surface area contributed by atoms with Gasteiger partial charge in [-0.1, -0.05) is 18.2 Å². The predicted molar refractivity (Wildman–Crippen MR) is 97.4 cm³/mol. The first kappa shape index (κ1) is 19.2. The second-order valence-corrected chi connectivity index (χ2v) is 6.37. The average molecular weight is 348 g/mol. The van der Waals surface area contributed by atoms with E-state index in [0.717, 1.165) is 30.9 Å². The molecular formula is C18H28N4O3. The molecule has 138 valence electrons. The van der Waals surface area contributed by atoms with Crippen LogP contribution in [-0.2, 0) is 16.1 Å². The van der Waals surface area contributed by atoms with Crippen molar-refractivity contribution < 1.29 is 14.3 Å². The van der Waals surface area contributed by atoms with Gasteiger partial charge in [-0.15, -0.1) is 0 Å². The summed E-state index contributed by atoms with van der Waals surface area (Å²) in [6.07, 6.45) is 0.397. The third-order valence-electron chi connectivity index (χ3n) is 3.94. The molecule has 0 bridgehead atoms. The summed E-state index contributed by atoms with van der Waals surface area (Å²) in [5, 5.41) is 8.04. The number of benzene rings is 1. The number of nitrogens with one attached hydrogen (secondary N) is 3. The highest BCUT2D eigenvalue weighted by Gasteiger charge is 2.22. The van der Waals surface area contributed by atoms with Gasteiger partial charge in [0.1, 0.15) is 0 Å². The minimum atomic E-state index is -0.387. The Morgan fingerprint density at radius 3 is 2.52 bits per heavy atom. The fraction of sp³-hybridized carbons (Fsp3) is 0.556. The molecule has 2 rings (SSSR count). The molecule has 1 aromatic rings. The molecular weight excluding hydrogens is 320 g/mol. The molecule has 2 atom stereocenters. The highest BCUT2D eigenvalue weighted by molar-refractivity contribution is 5.92. The van der Waals surface area contributed by atoms with Crippen molar-refractivity contribution in [1.29, 1.82) is 0 Å². The molecule has 1 fully saturated rings. The van der Waals surface area contributed by atoms with Crippen LogP contribution < -0.4 is 16.0 Å². The molecule has 0 aromatic heterocycles. The van der Waals surface area contributed by atoms with Crippen LogP contribution in [0.15, 0.2) is 24.3 Å². The number of likely N-dealkylation sites (N-methyl/N-ethyl adjacent to an activating group) is 1. The summed E-state index contributed by atoms with van der Waals surface area (Å²) in [7, 11) is 0.